The van der Waals surface area contributed by atoms with Crippen LogP contribution in [-0.2, 0) is 17.8 Å². The van der Waals surface area contributed by atoms with Crippen LogP contribution < -0.4 is 9.47 Å². The van der Waals surface area contributed by atoms with Gasteiger partial charge in [-0.1, -0.05) is 18.2 Å². The van der Waals surface area contributed by atoms with E-state index in [0.29, 0.717) is 25.1 Å². The van der Waals surface area contributed by atoms with Crippen molar-refractivity contribution >= 4 is 5.91 Å². The first-order valence-corrected chi connectivity index (χ1v) is 7.49. The average Bonchev–Trinajstić information content (AvgIpc) is 3.00. The van der Waals surface area contributed by atoms with Crippen LogP contribution in [0.2, 0.25) is 0 Å². The van der Waals surface area contributed by atoms with Crippen molar-refractivity contribution < 1.29 is 18.7 Å². The minimum Gasteiger partial charge on any atom is -0.454 e. The van der Waals surface area contributed by atoms with Crippen LogP contribution in [-0.4, -0.2) is 24.6 Å². The van der Waals surface area contributed by atoms with E-state index < -0.39 is 0 Å². The molecular weight excluding hydrogens is 297 g/mol. The molecule has 1 aliphatic rings. The third-order valence-electron chi connectivity index (χ3n) is 3.80. The Morgan fingerprint density at radius 3 is 2.78 bits per heavy atom. The lowest BCUT2D eigenvalue weighted by molar-refractivity contribution is -0.130. The van der Waals surface area contributed by atoms with Gasteiger partial charge in [0, 0.05) is 20.0 Å². The summed E-state index contributed by atoms with van der Waals surface area (Å²) in [5, 5.41) is 0. The van der Waals surface area contributed by atoms with Gasteiger partial charge in [-0.05, 0) is 41.8 Å². The van der Waals surface area contributed by atoms with E-state index in [-0.39, 0.29) is 18.5 Å². The molecule has 4 nitrogen and oxygen atoms in total. The zero-order valence-electron chi connectivity index (χ0n) is 12.9. The first-order chi connectivity index (χ1) is 11.1. The Bertz CT molecular complexity index is 717. The summed E-state index contributed by atoms with van der Waals surface area (Å²) in [5.41, 5.74) is 1.81. The number of carbonyl (C=O) groups is 1. The van der Waals surface area contributed by atoms with Gasteiger partial charge in [0.15, 0.2) is 11.5 Å². The Kier molecular flexibility index (Phi) is 4.46. The van der Waals surface area contributed by atoms with Crippen LogP contribution in [0.15, 0.2) is 42.5 Å². The molecule has 3 rings (SSSR count). The Morgan fingerprint density at radius 2 is 1.96 bits per heavy atom. The third kappa shape index (κ3) is 3.80. The number of halogens is 1. The lowest BCUT2D eigenvalue weighted by Gasteiger charge is -2.17. The van der Waals surface area contributed by atoms with Gasteiger partial charge in [0.25, 0.3) is 0 Å². The molecule has 0 N–H and O–H groups in total. The number of nitrogens with zero attached hydrogens (tertiary/aromatic N) is 1. The minimum atomic E-state index is -0.274. The maximum absolute atomic E-state index is 13.1. The van der Waals surface area contributed by atoms with E-state index in [1.165, 1.54) is 12.1 Å². The zero-order valence-corrected chi connectivity index (χ0v) is 12.9. The molecule has 1 heterocycles. The van der Waals surface area contributed by atoms with Gasteiger partial charge in [-0.15, -0.1) is 0 Å². The maximum atomic E-state index is 13.1. The second-order valence-corrected chi connectivity index (χ2v) is 5.57. The number of aryl methyl sites for hydroxylation is 1. The third-order valence-corrected chi connectivity index (χ3v) is 3.80. The first-order valence-electron chi connectivity index (χ1n) is 7.49. The summed E-state index contributed by atoms with van der Waals surface area (Å²) >= 11 is 0. The molecule has 0 aliphatic carbocycles. The molecule has 0 saturated heterocycles. The lowest BCUT2D eigenvalue weighted by Crippen LogP contribution is -2.26. The molecule has 0 atom stereocenters. The minimum absolute atomic E-state index is 0.0203. The summed E-state index contributed by atoms with van der Waals surface area (Å²) in [4.78, 5) is 13.9. The molecule has 2 aromatic carbocycles. The van der Waals surface area contributed by atoms with E-state index in [9.17, 15) is 9.18 Å². The highest BCUT2D eigenvalue weighted by molar-refractivity contribution is 5.76. The maximum Gasteiger partial charge on any atom is 0.231 e. The smallest absolute Gasteiger partial charge is 0.231 e. The van der Waals surface area contributed by atoms with Gasteiger partial charge in [-0.3, -0.25) is 4.79 Å². The number of fused-ring (bicyclic) bond motifs is 1. The Labute approximate surface area is 134 Å². The molecule has 0 unspecified atom stereocenters. The number of benzene rings is 2. The standard InChI is InChI=1S/C18H18FNO3/c1-20(11-14-5-7-16-17(10-14)23-12-22-16)18(21)8-6-13-3-2-4-15(19)9-13/h2-5,7,9-10H,6,8,11-12H2,1H3. The van der Waals surface area contributed by atoms with Crippen LogP contribution in [0.5, 0.6) is 11.5 Å². The molecule has 2 aromatic rings. The van der Waals surface area contributed by atoms with E-state index in [1.807, 2.05) is 24.3 Å². The van der Waals surface area contributed by atoms with Crippen molar-refractivity contribution in [2.75, 3.05) is 13.8 Å². The molecule has 1 aliphatic heterocycles. The SMILES string of the molecule is CN(Cc1ccc2c(c1)OCO2)C(=O)CCc1cccc(F)c1. The number of carbonyl (C=O) groups excluding carboxylic acids is 1. The van der Waals surface area contributed by atoms with Gasteiger partial charge in [0.05, 0.1) is 0 Å². The van der Waals surface area contributed by atoms with Crippen LogP contribution in [0.25, 0.3) is 0 Å². The summed E-state index contributed by atoms with van der Waals surface area (Å²) in [6.07, 6.45) is 0.882. The summed E-state index contributed by atoms with van der Waals surface area (Å²) in [6, 6.07) is 12.0. The molecule has 0 fully saturated rings. The van der Waals surface area contributed by atoms with Crippen LogP contribution >= 0.6 is 0 Å². The number of amides is 1. The molecule has 5 heteroatoms. The van der Waals surface area contributed by atoms with Gasteiger partial charge in [-0.25, -0.2) is 4.39 Å². The molecule has 23 heavy (non-hydrogen) atoms. The summed E-state index contributed by atoms with van der Waals surface area (Å²) in [7, 11) is 1.76. The fourth-order valence-electron chi connectivity index (χ4n) is 2.54. The van der Waals surface area contributed by atoms with Gasteiger partial charge in [0.2, 0.25) is 12.7 Å². The van der Waals surface area contributed by atoms with Crippen LogP contribution in [0.3, 0.4) is 0 Å². The van der Waals surface area contributed by atoms with Crippen molar-refractivity contribution in [3.05, 3.63) is 59.4 Å². The zero-order chi connectivity index (χ0) is 16.2. The fraction of sp³-hybridized carbons (Fsp3) is 0.278. The molecule has 120 valence electrons. The highest BCUT2D eigenvalue weighted by Crippen LogP contribution is 2.32. The fourth-order valence-corrected chi connectivity index (χ4v) is 2.54. The first kappa shape index (κ1) is 15.3. The van der Waals surface area contributed by atoms with Crippen molar-refractivity contribution in [3.63, 3.8) is 0 Å². The molecular formula is C18H18FNO3. The second kappa shape index (κ2) is 6.69. The molecule has 0 radical (unpaired) electrons. The summed E-state index contributed by atoms with van der Waals surface area (Å²) in [5.74, 6) is 1.19. The van der Waals surface area contributed by atoms with Crippen LogP contribution in [0.1, 0.15) is 17.5 Å². The van der Waals surface area contributed by atoms with Crippen molar-refractivity contribution in [2.45, 2.75) is 19.4 Å². The van der Waals surface area contributed by atoms with E-state index in [2.05, 4.69) is 0 Å². The number of rotatable bonds is 5. The number of hydrogen-bond acceptors (Lipinski definition) is 3. The summed E-state index contributed by atoms with van der Waals surface area (Å²) in [6.45, 7) is 0.736. The quantitative estimate of drug-likeness (QED) is 0.851. The highest BCUT2D eigenvalue weighted by atomic mass is 19.1. The lowest BCUT2D eigenvalue weighted by atomic mass is 10.1. The van der Waals surface area contributed by atoms with Crippen LogP contribution in [0, 0.1) is 5.82 Å². The Morgan fingerprint density at radius 1 is 1.13 bits per heavy atom. The van der Waals surface area contributed by atoms with Crippen molar-refractivity contribution in [2.24, 2.45) is 0 Å². The number of ether oxygens (including phenoxy) is 2. The van der Waals surface area contributed by atoms with Crippen molar-refractivity contribution in [1.29, 1.82) is 0 Å². The van der Waals surface area contributed by atoms with E-state index in [4.69, 9.17) is 9.47 Å². The van der Waals surface area contributed by atoms with Gasteiger partial charge in [-0.2, -0.15) is 0 Å². The Hall–Kier alpha value is -2.56. The molecule has 1 amide bonds. The van der Waals surface area contributed by atoms with E-state index in [1.54, 1.807) is 18.0 Å². The normalized spacial score (nSPS) is 12.3. The van der Waals surface area contributed by atoms with Gasteiger partial charge in [0.1, 0.15) is 5.82 Å². The average molecular weight is 315 g/mol. The molecule has 0 bridgehead atoms. The monoisotopic (exact) mass is 315 g/mol. The molecule has 0 spiro atoms. The number of hydrogen-bond donors (Lipinski definition) is 0. The molecule has 0 saturated carbocycles. The largest absolute Gasteiger partial charge is 0.454 e. The predicted octanol–water partition coefficient (Wildman–Crippen LogP) is 3.15. The van der Waals surface area contributed by atoms with Crippen LogP contribution in [0.4, 0.5) is 4.39 Å². The van der Waals surface area contributed by atoms with Gasteiger partial charge >= 0.3 is 0 Å². The highest BCUT2D eigenvalue weighted by Gasteiger charge is 2.15. The second-order valence-electron chi connectivity index (χ2n) is 5.57. The van der Waals surface area contributed by atoms with Crippen molar-refractivity contribution in [1.82, 2.24) is 4.90 Å². The van der Waals surface area contributed by atoms with E-state index >= 15 is 0 Å². The van der Waals surface area contributed by atoms with Crippen molar-refractivity contribution in [3.8, 4) is 11.5 Å². The molecule has 0 aromatic heterocycles. The Balaban J connectivity index is 1.55. The predicted molar refractivity (Wildman–Crippen MR) is 83.8 cm³/mol. The van der Waals surface area contributed by atoms with Gasteiger partial charge < -0.3 is 14.4 Å². The van der Waals surface area contributed by atoms with E-state index in [0.717, 1.165) is 16.9 Å². The topological polar surface area (TPSA) is 38.8 Å². The summed E-state index contributed by atoms with van der Waals surface area (Å²) < 4.78 is 23.7.